The maximum absolute atomic E-state index is 12.1. The van der Waals surface area contributed by atoms with Crippen LogP contribution in [-0.4, -0.2) is 14.6 Å². The van der Waals surface area contributed by atoms with Crippen molar-refractivity contribution in [1.29, 1.82) is 0 Å². The van der Waals surface area contributed by atoms with Gasteiger partial charge in [0.05, 0.1) is 22.6 Å². The van der Waals surface area contributed by atoms with E-state index in [1.165, 1.54) is 6.07 Å². The van der Waals surface area contributed by atoms with Crippen molar-refractivity contribution in [2.24, 2.45) is 5.92 Å². The molecule has 7 heteroatoms. The van der Waals surface area contributed by atoms with Crippen molar-refractivity contribution in [2.45, 2.75) is 31.3 Å². The van der Waals surface area contributed by atoms with Gasteiger partial charge in [-0.3, -0.25) is 0 Å². The molecule has 0 saturated heterocycles. The first-order valence-electron chi connectivity index (χ1n) is 5.67. The smallest absolute Gasteiger partial charge is 0.244 e. The number of rotatable bonds is 2. The zero-order valence-electron chi connectivity index (χ0n) is 10.2. The number of fused-ring (bicyclic) bond motifs is 1. The number of nitrogens with one attached hydrogen (secondary N) is 2. The van der Waals surface area contributed by atoms with E-state index in [0.717, 1.165) is 0 Å². The van der Waals surface area contributed by atoms with Crippen molar-refractivity contribution in [3.05, 3.63) is 17.2 Å². The maximum Gasteiger partial charge on any atom is 0.244 e. The molecule has 100 valence electrons. The van der Waals surface area contributed by atoms with Gasteiger partial charge < -0.3 is 11.1 Å². The van der Waals surface area contributed by atoms with E-state index in [2.05, 4.69) is 10.0 Å². The summed E-state index contributed by atoms with van der Waals surface area (Å²) in [4.78, 5) is 0.143. The molecule has 0 aromatic heterocycles. The van der Waals surface area contributed by atoms with Gasteiger partial charge in [-0.15, -0.1) is 0 Å². The number of hydrogen-bond donors (Lipinski definition) is 3. The normalized spacial score (nSPS) is 21.4. The molecule has 1 aromatic rings. The first-order valence-corrected chi connectivity index (χ1v) is 7.53. The summed E-state index contributed by atoms with van der Waals surface area (Å²) in [6, 6.07) is 2.93. The fraction of sp³-hybridized carbons (Fsp3) is 0.455. The Bertz CT molecular complexity index is 572. The molecule has 0 aliphatic carbocycles. The van der Waals surface area contributed by atoms with E-state index in [1.54, 1.807) is 6.07 Å². The molecule has 4 N–H and O–H groups in total. The van der Waals surface area contributed by atoms with Gasteiger partial charge in [-0.1, -0.05) is 25.4 Å². The molecule has 0 fully saturated rings. The quantitative estimate of drug-likeness (QED) is 0.727. The highest BCUT2D eigenvalue weighted by molar-refractivity contribution is 7.89. The van der Waals surface area contributed by atoms with Gasteiger partial charge in [0.25, 0.3) is 0 Å². The van der Waals surface area contributed by atoms with Gasteiger partial charge in [0.15, 0.2) is 0 Å². The van der Waals surface area contributed by atoms with Crippen molar-refractivity contribution in [2.75, 3.05) is 11.1 Å². The first kappa shape index (κ1) is 13.5. The number of hydrogen-bond acceptors (Lipinski definition) is 4. The summed E-state index contributed by atoms with van der Waals surface area (Å²) in [6.07, 6.45) is 0.378. The van der Waals surface area contributed by atoms with E-state index in [9.17, 15) is 8.42 Å². The van der Waals surface area contributed by atoms with Crippen LogP contribution in [0.2, 0.25) is 5.02 Å². The lowest BCUT2D eigenvalue weighted by Crippen LogP contribution is -2.45. The number of halogens is 1. The van der Waals surface area contributed by atoms with Gasteiger partial charge in [-0.2, -0.15) is 4.72 Å². The lowest BCUT2D eigenvalue weighted by Gasteiger charge is -2.29. The second-order valence-corrected chi connectivity index (χ2v) is 6.91. The third-order valence-electron chi connectivity index (χ3n) is 2.72. The zero-order chi connectivity index (χ0) is 13.5. The molecule has 1 heterocycles. The maximum atomic E-state index is 12.1. The molecule has 18 heavy (non-hydrogen) atoms. The molecule has 1 unspecified atom stereocenters. The number of nitrogens with two attached hydrogens (primary N) is 1. The molecule has 0 spiro atoms. The molecule has 1 aliphatic heterocycles. The van der Waals surface area contributed by atoms with Crippen LogP contribution in [0, 0.1) is 5.92 Å². The SMILES string of the molecule is CC(C)CC1Nc2cc(Cl)c(N)cc2S(=O)(=O)N1. The fourth-order valence-corrected chi connectivity index (χ4v) is 3.46. The second kappa shape index (κ2) is 4.60. The highest BCUT2D eigenvalue weighted by Crippen LogP contribution is 2.33. The third-order valence-corrected chi connectivity index (χ3v) is 4.56. The molecule has 1 aliphatic rings. The molecule has 2 rings (SSSR count). The van der Waals surface area contributed by atoms with Crippen LogP contribution in [0.15, 0.2) is 17.0 Å². The van der Waals surface area contributed by atoms with E-state index < -0.39 is 10.0 Å². The molecule has 0 radical (unpaired) electrons. The summed E-state index contributed by atoms with van der Waals surface area (Å²) < 4.78 is 26.7. The minimum Gasteiger partial charge on any atom is -0.397 e. The van der Waals surface area contributed by atoms with Gasteiger partial charge in [-0.05, 0) is 24.5 Å². The summed E-state index contributed by atoms with van der Waals surface area (Å²) >= 11 is 5.91. The largest absolute Gasteiger partial charge is 0.397 e. The van der Waals surface area contributed by atoms with Crippen molar-refractivity contribution in [3.8, 4) is 0 Å². The third kappa shape index (κ3) is 2.55. The Balaban J connectivity index is 2.44. The van der Waals surface area contributed by atoms with E-state index in [1.807, 2.05) is 13.8 Å². The highest BCUT2D eigenvalue weighted by Gasteiger charge is 2.30. The number of sulfonamides is 1. The van der Waals surface area contributed by atoms with Crippen LogP contribution < -0.4 is 15.8 Å². The monoisotopic (exact) mass is 289 g/mol. The summed E-state index contributed by atoms with van der Waals surface area (Å²) in [5, 5.41) is 3.47. The van der Waals surface area contributed by atoms with Crippen molar-refractivity contribution >= 4 is 33.0 Å². The van der Waals surface area contributed by atoms with E-state index in [-0.39, 0.29) is 16.7 Å². The van der Waals surface area contributed by atoms with Gasteiger partial charge in [0, 0.05) is 0 Å². The number of benzene rings is 1. The Morgan fingerprint density at radius 1 is 1.44 bits per heavy atom. The predicted molar refractivity (Wildman–Crippen MR) is 73.1 cm³/mol. The minimum atomic E-state index is -3.53. The van der Waals surface area contributed by atoms with Crippen molar-refractivity contribution < 1.29 is 8.42 Å². The summed E-state index contributed by atoms with van der Waals surface area (Å²) in [6.45, 7) is 4.06. The van der Waals surface area contributed by atoms with Crippen molar-refractivity contribution in [3.63, 3.8) is 0 Å². The van der Waals surface area contributed by atoms with Crippen LogP contribution in [0.1, 0.15) is 20.3 Å². The lowest BCUT2D eigenvalue weighted by atomic mass is 10.1. The molecule has 5 nitrogen and oxygen atoms in total. The molecular weight excluding hydrogens is 274 g/mol. The van der Waals surface area contributed by atoms with Gasteiger partial charge >= 0.3 is 0 Å². The molecule has 1 aromatic carbocycles. The Hall–Kier alpha value is -0.980. The average Bonchev–Trinajstić information content (AvgIpc) is 2.19. The van der Waals surface area contributed by atoms with E-state index in [4.69, 9.17) is 17.3 Å². The minimum absolute atomic E-state index is 0.143. The number of anilines is 2. The molecule has 1 atom stereocenters. The first-order chi connectivity index (χ1) is 8.29. The number of nitrogen functional groups attached to an aromatic ring is 1. The Kier molecular flexibility index (Phi) is 3.44. The van der Waals surface area contributed by atoms with Gasteiger partial charge in [0.1, 0.15) is 4.90 Å². The zero-order valence-corrected chi connectivity index (χ0v) is 11.8. The van der Waals surface area contributed by atoms with Crippen LogP contribution in [0.3, 0.4) is 0 Å². The van der Waals surface area contributed by atoms with E-state index >= 15 is 0 Å². The van der Waals surface area contributed by atoms with Gasteiger partial charge in [-0.25, -0.2) is 8.42 Å². The predicted octanol–water partition coefficient (Wildman–Crippen LogP) is 2.00. The Morgan fingerprint density at radius 3 is 2.72 bits per heavy atom. The lowest BCUT2D eigenvalue weighted by molar-refractivity contribution is 0.483. The standard InChI is InChI=1S/C11H16ClN3O2S/c1-6(2)3-11-14-9-4-7(12)8(13)5-10(9)18(16,17)15-11/h4-6,11,14-15H,3,13H2,1-2H3. The van der Waals surface area contributed by atoms with Crippen LogP contribution in [0.4, 0.5) is 11.4 Å². The molecular formula is C11H16ClN3O2S. The average molecular weight is 290 g/mol. The van der Waals surface area contributed by atoms with Crippen LogP contribution in [0.5, 0.6) is 0 Å². The highest BCUT2D eigenvalue weighted by atomic mass is 35.5. The molecule has 0 bridgehead atoms. The fourth-order valence-electron chi connectivity index (χ4n) is 1.95. The van der Waals surface area contributed by atoms with Crippen LogP contribution in [0.25, 0.3) is 0 Å². The summed E-state index contributed by atoms with van der Waals surface area (Å²) in [5.41, 5.74) is 6.38. The van der Waals surface area contributed by atoms with Crippen molar-refractivity contribution in [1.82, 2.24) is 4.72 Å². The molecule has 0 amide bonds. The molecule has 0 saturated carbocycles. The summed E-state index contributed by atoms with van der Waals surface area (Å²) in [5.74, 6) is 0.371. The van der Waals surface area contributed by atoms with Crippen LogP contribution in [-0.2, 0) is 10.0 Å². The topological polar surface area (TPSA) is 84.2 Å². The van der Waals surface area contributed by atoms with E-state index in [0.29, 0.717) is 23.0 Å². The Morgan fingerprint density at radius 2 is 2.11 bits per heavy atom. The summed E-state index contributed by atoms with van der Waals surface area (Å²) in [7, 11) is -3.53. The van der Waals surface area contributed by atoms with Crippen LogP contribution >= 0.6 is 11.6 Å². The second-order valence-electron chi connectivity index (χ2n) is 4.82. The Labute approximate surface area is 112 Å². The van der Waals surface area contributed by atoms with Gasteiger partial charge in [0.2, 0.25) is 10.0 Å².